The second-order valence-corrected chi connectivity index (χ2v) is 4.96. The highest BCUT2D eigenvalue weighted by molar-refractivity contribution is 5.94. The van der Waals surface area contributed by atoms with Crippen LogP contribution in [0.2, 0.25) is 0 Å². The summed E-state index contributed by atoms with van der Waals surface area (Å²) in [5.74, 6) is -0.343. The maximum atomic E-state index is 11.9. The van der Waals surface area contributed by atoms with Crippen molar-refractivity contribution in [2.45, 2.75) is 6.54 Å². The summed E-state index contributed by atoms with van der Waals surface area (Å²) in [6.07, 6.45) is 0. The molecule has 0 aromatic heterocycles. The molecule has 0 aliphatic heterocycles. The minimum Gasteiger partial charge on any atom is -0.504 e. The van der Waals surface area contributed by atoms with Crippen molar-refractivity contribution in [3.8, 4) is 11.5 Å². The summed E-state index contributed by atoms with van der Waals surface area (Å²) < 4.78 is 0. The summed E-state index contributed by atoms with van der Waals surface area (Å²) in [6.45, 7) is 0.480. The lowest BCUT2D eigenvalue weighted by molar-refractivity contribution is 0.0827. The predicted octanol–water partition coefficient (Wildman–Crippen LogP) is 2.41. The summed E-state index contributed by atoms with van der Waals surface area (Å²) in [5.41, 5.74) is 2.25. The summed E-state index contributed by atoms with van der Waals surface area (Å²) in [6, 6.07) is 11.9. The Bertz CT molecular complexity index is 654. The van der Waals surface area contributed by atoms with E-state index in [0.29, 0.717) is 12.1 Å². The largest absolute Gasteiger partial charge is 0.504 e. The Hall–Kier alpha value is -2.69. The molecule has 0 aliphatic carbocycles. The Kier molecular flexibility index (Phi) is 4.33. The molecule has 0 unspecified atom stereocenters. The van der Waals surface area contributed by atoms with E-state index in [9.17, 15) is 15.0 Å². The van der Waals surface area contributed by atoms with Crippen LogP contribution in [0.3, 0.4) is 0 Å². The summed E-state index contributed by atoms with van der Waals surface area (Å²) in [4.78, 5) is 13.4. The number of hydrogen-bond acceptors (Lipinski definition) is 4. The number of amides is 1. The van der Waals surface area contributed by atoms with Crippen molar-refractivity contribution >= 4 is 11.6 Å². The van der Waals surface area contributed by atoms with Crippen LogP contribution in [0.5, 0.6) is 11.5 Å². The Morgan fingerprint density at radius 2 is 1.86 bits per heavy atom. The number of nitrogens with zero attached hydrogens (tertiary/aromatic N) is 1. The van der Waals surface area contributed by atoms with Crippen LogP contribution in [-0.2, 0) is 6.54 Å². The van der Waals surface area contributed by atoms with Crippen LogP contribution in [0, 0.1) is 0 Å². The Labute approximate surface area is 123 Å². The molecule has 2 aromatic carbocycles. The smallest absolute Gasteiger partial charge is 0.253 e. The summed E-state index contributed by atoms with van der Waals surface area (Å²) in [5, 5.41) is 21.9. The van der Waals surface area contributed by atoms with Gasteiger partial charge in [-0.1, -0.05) is 12.1 Å². The maximum Gasteiger partial charge on any atom is 0.253 e. The number of phenols is 2. The van der Waals surface area contributed by atoms with Gasteiger partial charge in [-0.25, -0.2) is 0 Å². The van der Waals surface area contributed by atoms with Gasteiger partial charge >= 0.3 is 0 Å². The molecule has 0 heterocycles. The van der Waals surface area contributed by atoms with Gasteiger partial charge in [0, 0.05) is 31.9 Å². The summed E-state index contributed by atoms with van der Waals surface area (Å²) in [7, 11) is 3.42. The van der Waals surface area contributed by atoms with Crippen LogP contribution >= 0.6 is 0 Å². The molecule has 1 amide bonds. The molecule has 0 atom stereocenters. The molecule has 5 nitrogen and oxygen atoms in total. The van der Waals surface area contributed by atoms with Gasteiger partial charge in [0.2, 0.25) is 0 Å². The van der Waals surface area contributed by atoms with E-state index in [1.54, 1.807) is 32.3 Å². The lowest BCUT2D eigenvalue weighted by Crippen LogP contribution is -2.21. The van der Waals surface area contributed by atoms with Gasteiger partial charge in [-0.2, -0.15) is 0 Å². The average Bonchev–Trinajstić information content (AvgIpc) is 2.48. The van der Waals surface area contributed by atoms with E-state index in [-0.39, 0.29) is 17.4 Å². The van der Waals surface area contributed by atoms with Crippen LogP contribution in [0.15, 0.2) is 42.5 Å². The third kappa shape index (κ3) is 3.66. The number of rotatable bonds is 4. The quantitative estimate of drug-likeness (QED) is 0.755. The lowest BCUT2D eigenvalue weighted by Gasteiger charge is -2.12. The number of benzene rings is 2. The lowest BCUT2D eigenvalue weighted by atomic mass is 10.1. The fourth-order valence-corrected chi connectivity index (χ4v) is 1.90. The van der Waals surface area contributed by atoms with Gasteiger partial charge in [-0.15, -0.1) is 0 Å². The predicted molar refractivity (Wildman–Crippen MR) is 81.6 cm³/mol. The van der Waals surface area contributed by atoms with E-state index in [2.05, 4.69) is 5.32 Å². The highest BCUT2D eigenvalue weighted by Crippen LogP contribution is 2.25. The van der Waals surface area contributed by atoms with Gasteiger partial charge in [0.1, 0.15) is 0 Å². The Balaban J connectivity index is 2.08. The Morgan fingerprint density at radius 3 is 2.52 bits per heavy atom. The van der Waals surface area contributed by atoms with Gasteiger partial charge in [-0.3, -0.25) is 4.79 Å². The van der Waals surface area contributed by atoms with Crippen LogP contribution in [0.4, 0.5) is 5.69 Å². The van der Waals surface area contributed by atoms with Gasteiger partial charge in [0.25, 0.3) is 5.91 Å². The number of anilines is 1. The van der Waals surface area contributed by atoms with Gasteiger partial charge in [-0.05, 0) is 35.9 Å². The highest BCUT2D eigenvalue weighted by atomic mass is 16.3. The molecule has 0 radical (unpaired) electrons. The number of nitrogens with one attached hydrogen (secondary N) is 1. The third-order valence-corrected chi connectivity index (χ3v) is 3.05. The first kappa shape index (κ1) is 14.7. The van der Waals surface area contributed by atoms with Crippen molar-refractivity contribution in [3.05, 3.63) is 53.6 Å². The van der Waals surface area contributed by atoms with E-state index in [4.69, 9.17) is 0 Å². The molecule has 3 N–H and O–H groups in total. The molecule has 0 aliphatic rings. The second-order valence-electron chi connectivity index (χ2n) is 4.96. The van der Waals surface area contributed by atoms with E-state index in [1.165, 1.54) is 17.0 Å². The fraction of sp³-hybridized carbons (Fsp3) is 0.188. The number of aromatic hydroxyl groups is 2. The van der Waals surface area contributed by atoms with Gasteiger partial charge < -0.3 is 20.4 Å². The zero-order chi connectivity index (χ0) is 15.4. The molecule has 2 rings (SSSR count). The van der Waals surface area contributed by atoms with Crippen LogP contribution in [-0.4, -0.2) is 35.1 Å². The van der Waals surface area contributed by atoms with Crippen molar-refractivity contribution < 1.29 is 15.0 Å². The number of hydrogen-bond donors (Lipinski definition) is 3. The molecule has 110 valence electrons. The summed E-state index contributed by atoms with van der Waals surface area (Å²) >= 11 is 0. The van der Waals surface area contributed by atoms with Crippen molar-refractivity contribution in [1.82, 2.24) is 4.90 Å². The molecule has 0 spiro atoms. The maximum absolute atomic E-state index is 11.9. The van der Waals surface area contributed by atoms with E-state index in [1.807, 2.05) is 12.1 Å². The molecular weight excluding hydrogens is 268 g/mol. The van der Waals surface area contributed by atoms with E-state index >= 15 is 0 Å². The number of phenolic OH excluding ortho intramolecular Hbond substituents is 2. The normalized spacial score (nSPS) is 10.2. The van der Waals surface area contributed by atoms with Crippen LogP contribution in [0.1, 0.15) is 15.9 Å². The zero-order valence-corrected chi connectivity index (χ0v) is 12.0. The standard InChI is InChI=1S/C16H18N2O3/c1-18(2)16(21)12-4-3-5-13(9-12)17-10-11-6-7-14(19)15(20)8-11/h3-9,17,19-20H,10H2,1-2H3. The number of carbonyl (C=O) groups excluding carboxylic acids is 1. The van der Waals surface area contributed by atoms with Crippen molar-refractivity contribution in [1.29, 1.82) is 0 Å². The molecule has 21 heavy (non-hydrogen) atoms. The Morgan fingerprint density at radius 1 is 1.10 bits per heavy atom. The molecule has 0 saturated carbocycles. The second kappa shape index (κ2) is 6.17. The topological polar surface area (TPSA) is 72.8 Å². The molecule has 5 heteroatoms. The van der Waals surface area contributed by atoms with Crippen molar-refractivity contribution in [3.63, 3.8) is 0 Å². The monoisotopic (exact) mass is 286 g/mol. The fourth-order valence-electron chi connectivity index (χ4n) is 1.90. The van der Waals surface area contributed by atoms with Gasteiger partial charge in [0.05, 0.1) is 0 Å². The van der Waals surface area contributed by atoms with E-state index < -0.39 is 0 Å². The molecular formula is C16H18N2O3. The molecule has 2 aromatic rings. The molecule has 0 bridgehead atoms. The third-order valence-electron chi connectivity index (χ3n) is 3.05. The average molecular weight is 286 g/mol. The first-order valence-corrected chi connectivity index (χ1v) is 6.54. The van der Waals surface area contributed by atoms with Gasteiger partial charge in [0.15, 0.2) is 11.5 Å². The van der Waals surface area contributed by atoms with Crippen molar-refractivity contribution in [2.24, 2.45) is 0 Å². The zero-order valence-electron chi connectivity index (χ0n) is 12.0. The SMILES string of the molecule is CN(C)C(=O)c1cccc(NCc2ccc(O)c(O)c2)c1. The van der Waals surface area contributed by atoms with Crippen LogP contribution < -0.4 is 5.32 Å². The van der Waals surface area contributed by atoms with E-state index in [0.717, 1.165) is 11.3 Å². The number of carbonyl (C=O) groups is 1. The molecule has 0 fully saturated rings. The first-order chi connectivity index (χ1) is 9.97. The first-order valence-electron chi connectivity index (χ1n) is 6.54. The highest BCUT2D eigenvalue weighted by Gasteiger charge is 2.08. The van der Waals surface area contributed by atoms with Crippen molar-refractivity contribution in [2.75, 3.05) is 19.4 Å². The minimum atomic E-state index is -0.147. The molecule has 0 saturated heterocycles. The van der Waals surface area contributed by atoms with Crippen LogP contribution in [0.25, 0.3) is 0 Å². The minimum absolute atomic E-state index is 0.0547.